The van der Waals surface area contributed by atoms with Gasteiger partial charge in [0.25, 0.3) is 0 Å². The van der Waals surface area contributed by atoms with Crippen LogP contribution in [0.4, 0.5) is 0 Å². The molecule has 92 valence electrons. The first-order valence-electron chi connectivity index (χ1n) is 6.79. The van der Waals surface area contributed by atoms with Crippen molar-refractivity contribution in [3.8, 4) is 0 Å². The zero-order chi connectivity index (χ0) is 10.8. The molecule has 3 aliphatic rings. The summed E-state index contributed by atoms with van der Waals surface area (Å²) in [5.74, 6) is 0. The van der Waals surface area contributed by atoms with Crippen LogP contribution in [0, 0.1) is 0 Å². The Hall–Kier alpha value is -0.160. The molecule has 0 radical (unpaired) electrons. The maximum absolute atomic E-state index is 2.62. The molecule has 0 spiro atoms. The first kappa shape index (κ1) is 11.0. The van der Waals surface area contributed by atoms with Gasteiger partial charge in [-0.2, -0.15) is 0 Å². The molecule has 3 saturated heterocycles. The molecule has 4 unspecified atom stereocenters. The average Bonchev–Trinajstić information content (AvgIpc) is 2.88. The summed E-state index contributed by atoms with van der Waals surface area (Å²) < 4.78 is 0. The van der Waals surface area contributed by atoms with Crippen LogP contribution in [0.1, 0.15) is 12.8 Å². The number of hydrogen-bond acceptors (Lipinski definition) is 4. The molecule has 3 heterocycles. The lowest BCUT2D eigenvalue weighted by Crippen LogP contribution is -2.33. The molecule has 0 aromatic carbocycles. The van der Waals surface area contributed by atoms with Crippen LogP contribution < -0.4 is 0 Å². The quantitative estimate of drug-likeness (QED) is 0.571. The molecular weight excluding hydrogens is 200 g/mol. The highest BCUT2D eigenvalue weighted by atomic mass is 15.4. The van der Waals surface area contributed by atoms with Crippen LogP contribution in [0.5, 0.6) is 0 Å². The van der Waals surface area contributed by atoms with Crippen molar-refractivity contribution in [3.63, 3.8) is 0 Å². The zero-order valence-corrected chi connectivity index (χ0v) is 10.3. The van der Waals surface area contributed by atoms with Crippen LogP contribution >= 0.6 is 0 Å². The number of hydrogen-bond donors (Lipinski definition) is 0. The standard InChI is InChI=1S/C12H24N4/c1-3-13-7-9-15(11-13)5-2-6-16-10-8-14(4-1)12-16/h1-12H2. The third-order valence-corrected chi connectivity index (χ3v) is 4.16. The summed E-state index contributed by atoms with van der Waals surface area (Å²) in [6, 6.07) is 0. The predicted octanol–water partition coefficient (Wildman–Crippen LogP) is -0.0696. The molecule has 4 atom stereocenters. The Kier molecular flexibility index (Phi) is 3.43. The van der Waals surface area contributed by atoms with Gasteiger partial charge in [0, 0.05) is 52.4 Å². The molecule has 16 heavy (non-hydrogen) atoms. The van der Waals surface area contributed by atoms with E-state index in [0.717, 1.165) is 0 Å². The van der Waals surface area contributed by atoms with Crippen LogP contribution in [0.3, 0.4) is 0 Å². The van der Waals surface area contributed by atoms with Crippen molar-refractivity contribution in [2.75, 3.05) is 65.7 Å². The zero-order valence-electron chi connectivity index (χ0n) is 10.3. The molecule has 0 aromatic heterocycles. The third kappa shape index (κ3) is 2.56. The molecule has 4 nitrogen and oxygen atoms in total. The van der Waals surface area contributed by atoms with Crippen LogP contribution in [-0.4, -0.2) is 85.3 Å². The summed E-state index contributed by atoms with van der Waals surface area (Å²) in [6.45, 7) is 12.8. The van der Waals surface area contributed by atoms with Gasteiger partial charge >= 0.3 is 0 Å². The van der Waals surface area contributed by atoms with E-state index in [-0.39, 0.29) is 0 Å². The topological polar surface area (TPSA) is 13.0 Å². The van der Waals surface area contributed by atoms with E-state index in [1.807, 2.05) is 0 Å². The third-order valence-electron chi connectivity index (χ3n) is 4.16. The summed E-state index contributed by atoms with van der Waals surface area (Å²) in [4.78, 5) is 10.5. The van der Waals surface area contributed by atoms with E-state index in [4.69, 9.17) is 0 Å². The second-order valence-corrected chi connectivity index (χ2v) is 5.46. The van der Waals surface area contributed by atoms with Gasteiger partial charge in [0.1, 0.15) is 0 Å². The normalized spacial score (nSPS) is 45.0. The smallest absolute Gasteiger partial charge is 0.0507 e. The lowest BCUT2D eigenvalue weighted by atomic mass is 10.3. The van der Waals surface area contributed by atoms with Gasteiger partial charge in [0.2, 0.25) is 0 Å². The molecule has 0 aromatic rings. The van der Waals surface area contributed by atoms with Crippen LogP contribution in [0.25, 0.3) is 0 Å². The molecule has 3 aliphatic heterocycles. The summed E-state index contributed by atoms with van der Waals surface area (Å²) >= 11 is 0. The molecule has 0 saturated carbocycles. The molecular formula is C12H24N4. The summed E-state index contributed by atoms with van der Waals surface area (Å²) in [5.41, 5.74) is 0. The summed E-state index contributed by atoms with van der Waals surface area (Å²) in [7, 11) is 0. The van der Waals surface area contributed by atoms with Crippen LogP contribution in [0.2, 0.25) is 0 Å². The van der Waals surface area contributed by atoms with Crippen molar-refractivity contribution in [2.24, 2.45) is 0 Å². The molecule has 4 heteroatoms. The lowest BCUT2D eigenvalue weighted by Gasteiger charge is -2.23. The highest BCUT2D eigenvalue weighted by Crippen LogP contribution is 2.11. The maximum Gasteiger partial charge on any atom is 0.0507 e. The van der Waals surface area contributed by atoms with Gasteiger partial charge in [-0.15, -0.1) is 0 Å². The van der Waals surface area contributed by atoms with Gasteiger partial charge < -0.3 is 0 Å². The summed E-state index contributed by atoms with van der Waals surface area (Å²) in [5, 5.41) is 0. The van der Waals surface area contributed by atoms with Gasteiger partial charge in [-0.3, -0.25) is 19.6 Å². The molecule has 4 bridgehead atoms. The fourth-order valence-electron chi connectivity index (χ4n) is 3.18. The first-order chi connectivity index (χ1) is 7.90. The van der Waals surface area contributed by atoms with Gasteiger partial charge in [-0.25, -0.2) is 0 Å². The van der Waals surface area contributed by atoms with Gasteiger partial charge in [-0.05, 0) is 12.8 Å². The minimum absolute atomic E-state index is 1.22. The molecule has 0 amide bonds. The Morgan fingerprint density at radius 3 is 1.00 bits per heavy atom. The van der Waals surface area contributed by atoms with E-state index in [2.05, 4.69) is 19.6 Å². The van der Waals surface area contributed by atoms with Crippen molar-refractivity contribution >= 4 is 0 Å². The van der Waals surface area contributed by atoms with Crippen molar-refractivity contribution in [2.45, 2.75) is 12.8 Å². The number of fused-ring (bicyclic) bond motifs is 4. The summed E-state index contributed by atoms with van der Waals surface area (Å²) in [6.07, 6.45) is 2.70. The van der Waals surface area contributed by atoms with E-state index in [1.54, 1.807) is 0 Å². The predicted molar refractivity (Wildman–Crippen MR) is 65.3 cm³/mol. The first-order valence-corrected chi connectivity index (χ1v) is 6.79. The maximum atomic E-state index is 2.62. The van der Waals surface area contributed by atoms with Gasteiger partial charge in [0.15, 0.2) is 0 Å². The number of nitrogens with zero attached hydrogens (tertiary/aromatic N) is 4. The van der Waals surface area contributed by atoms with Gasteiger partial charge in [0.05, 0.1) is 13.3 Å². The second-order valence-electron chi connectivity index (χ2n) is 5.46. The SMILES string of the molecule is C1CN2CCN(CCCN3CCN(C1)C3)C2. The van der Waals surface area contributed by atoms with E-state index < -0.39 is 0 Å². The Bertz CT molecular complexity index is 189. The Morgan fingerprint density at radius 2 is 0.688 bits per heavy atom. The van der Waals surface area contributed by atoms with Crippen molar-refractivity contribution in [3.05, 3.63) is 0 Å². The fourth-order valence-corrected chi connectivity index (χ4v) is 3.18. The highest BCUT2D eigenvalue weighted by Gasteiger charge is 2.23. The minimum atomic E-state index is 1.22. The Labute approximate surface area is 98.8 Å². The van der Waals surface area contributed by atoms with Crippen molar-refractivity contribution in [1.82, 2.24) is 19.6 Å². The minimum Gasteiger partial charge on any atom is -0.289 e. The molecule has 3 fully saturated rings. The van der Waals surface area contributed by atoms with Crippen LogP contribution in [-0.2, 0) is 0 Å². The molecule has 3 rings (SSSR count). The Balaban J connectivity index is 1.57. The average molecular weight is 224 g/mol. The molecule has 0 N–H and O–H groups in total. The monoisotopic (exact) mass is 224 g/mol. The fraction of sp³-hybridized carbons (Fsp3) is 1.00. The molecule has 0 aliphatic carbocycles. The van der Waals surface area contributed by atoms with Crippen LogP contribution in [0.15, 0.2) is 0 Å². The van der Waals surface area contributed by atoms with Crippen molar-refractivity contribution in [1.29, 1.82) is 0 Å². The highest BCUT2D eigenvalue weighted by molar-refractivity contribution is 4.76. The second kappa shape index (κ2) is 5.00. The Morgan fingerprint density at radius 1 is 0.375 bits per heavy atom. The number of rotatable bonds is 0. The lowest BCUT2D eigenvalue weighted by molar-refractivity contribution is 0.191. The van der Waals surface area contributed by atoms with E-state index >= 15 is 0 Å². The van der Waals surface area contributed by atoms with Crippen molar-refractivity contribution < 1.29 is 0 Å². The van der Waals surface area contributed by atoms with E-state index in [0.29, 0.717) is 0 Å². The van der Waals surface area contributed by atoms with Gasteiger partial charge in [-0.1, -0.05) is 0 Å². The largest absolute Gasteiger partial charge is 0.289 e. The van der Waals surface area contributed by atoms with E-state index in [1.165, 1.54) is 78.5 Å². The van der Waals surface area contributed by atoms with E-state index in [9.17, 15) is 0 Å².